The molecule has 68 valence electrons. The van der Waals surface area contributed by atoms with Crippen LogP contribution >= 0.6 is 11.6 Å². The number of hydrogen-bond acceptors (Lipinski definition) is 2. The molecule has 0 unspecified atom stereocenters. The summed E-state index contributed by atoms with van der Waals surface area (Å²) in [6, 6.07) is 7.14. The molecule has 1 aromatic carbocycles. The third kappa shape index (κ3) is 1.09. The number of carbonyl (C=O) groups excluding carboxylic acids is 1. The number of nitrogens with zero attached hydrogens (tertiary/aromatic N) is 1. The summed E-state index contributed by atoms with van der Waals surface area (Å²) in [5.74, 6) is 0. The fourth-order valence-electron chi connectivity index (χ4n) is 1.44. The first-order valence-electron chi connectivity index (χ1n) is 3.93. The molecule has 0 aliphatic heterocycles. The number of carbonyl (C=O) groups is 1. The standard InChI is InChI=1S/C10H5ClN2O/c11-7-2-1-3-8-10(7)6(5-14)9(4-12)13-8/h1-3,5,13H. The number of halogens is 1. The van der Waals surface area contributed by atoms with E-state index in [1.807, 2.05) is 6.07 Å². The van der Waals surface area contributed by atoms with E-state index in [1.165, 1.54) is 0 Å². The Bertz CT molecular complexity index is 551. The van der Waals surface area contributed by atoms with E-state index in [1.54, 1.807) is 18.2 Å². The zero-order valence-electron chi connectivity index (χ0n) is 7.04. The summed E-state index contributed by atoms with van der Waals surface area (Å²) in [6.07, 6.45) is 0.642. The van der Waals surface area contributed by atoms with Gasteiger partial charge in [0, 0.05) is 10.9 Å². The van der Waals surface area contributed by atoms with Crippen molar-refractivity contribution in [1.29, 1.82) is 5.26 Å². The fraction of sp³-hybridized carbons (Fsp3) is 0. The number of nitrogens with one attached hydrogen (secondary N) is 1. The highest BCUT2D eigenvalue weighted by Crippen LogP contribution is 2.27. The lowest BCUT2D eigenvalue weighted by Gasteiger charge is -1.92. The van der Waals surface area contributed by atoms with Crippen molar-refractivity contribution < 1.29 is 4.79 Å². The van der Waals surface area contributed by atoms with E-state index in [-0.39, 0.29) is 5.69 Å². The number of hydrogen-bond donors (Lipinski definition) is 1. The van der Waals surface area contributed by atoms with Crippen molar-refractivity contribution in [2.24, 2.45) is 0 Å². The molecule has 3 nitrogen and oxygen atoms in total. The lowest BCUT2D eigenvalue weighted by Crippen LogP contribution is -1.82. The van der Waals surface area contributed by atoms with Crippen LogP contribution in [0.2, 0.25) is 5.02 Å². The van der Waals surface area contributed by atoms with Crippen molar-refractivity contribution in [2.75, 3.05) is 0 Å². The fourth-order valence-corrected chi connectivity index (χ4v) is 1.71. The molecule has 1 N–H and O–H groups in total. The monoisotopic (exact) mass is 204 g/mol. The molecule has 0 fully saturated rings. The highest BCUT2D eigenvalue weighted by molar-refractivity contribution is 6.36. The number of benzene rings is 1. The average Bonchev–Trinajstić information content (AvgIpc) is 2.56. The second kappa shape index (κ2) is 3.17. The summed E-state index contributed by atoms with van der Waals surface area (Å²) >= 11 is 5.92. The molecular weight excluding hydrogens is 200 g/mol. The maximum absolute atomic E-state index is 10.8. The molecule has 1 heterocycles. The van der Waals surface area contributed by atoms with Crippen molar-refractivity contribution in [2.45, 2.75) is 0 Å². The van der Waals surface area contributed by atoms with Crippen LogP contribution in [0.5, 0.6) is 0 Å². The second-order valence-electron chi connectivity index (χ2n) is 2.81. The van der Waals surface area contributed by atoms with Crippen molar-refractivity contribution in [1.82, 2.24) is 4.98 Å². The summed E-state index contributed by atoms with van der Waals surface area (Å²) in [4.78, 5) is 13.6. The van der Waals surface area contributed by atoms with Gasteiger partial charge in [-0.15, -0.1) is 0 Å². The smallest absolute Gasteiger partial charge is 0.153 e. The van der Waals surface area contributed by atoms with Crippen LogP contribution in [0.15, 0.2) is 18.2 Å². The number of aromatic nitrogens is 1. The lowest BCUT2D eigenvalue weighted by molar-refractivity contribution is 0.112. The molecule has 0 bridgehead atoms. The second-order valence-corrected chi connectivity index (χ2v) is 3.21. The van der Waals surface area contributed by atoms with Crippen molar-refractivity contribution >= 4 is 28.8 Å². The Labute approximate surface area is 84.9 Å². The first-order chi connectivity index (χ1) is 6.77. The van der Waals surface area contributed by atoms with E-state index < -0.39 is 0 Å². The number of aromatic amines is 1. The first kappa shape index (κ1) is 8.79. The van der Waals surface area contributed by atoms with Crippen molar-refractivity contribution in [3.8, 4) is 6.07 Å². The predicted octanol–water partition coefficient (Wildman–Crippen LogP) is 2.51. The van der Waals surface area contributed by atoms with Crippen LogP contribution in [-0.4, -0.2) is 11.3 Å². The molecule has 0 radical (unpaired) electrons. The number of H-pyrrole nitrogens is 1. The molecule has 0 atom stereocenters. The summed E-state index contributed by atoms with van der Waals surface area (Å²) in [6.45, 7) is 0. The minimum Gasteiger partial charge on any atom is -0.346 e. The van der Waals surface area contributed by atoms with Gasteiger partial charge in [-0.05, 0) is 12.1 Å². The maximum atomic E-state index is 10.8. The molecule has 14 heavy (non-hydrogen) atoms. The Morgan fingerprint density at radius 3 is 2.93 bits per heavy atom. The van der Waals surface area contributed by atoms with Gasteiger partial charge >= 0.3 is 0 Å². The minimum atomic E-state index is 0.253. The van der Waals surface area contributed by atoms with E-state index in [0.29, 0.717) is 27.8 Å². The van der Waals surface area contributed by atoms with Crippen LogP contribution in [0.3, 0.4) is 0 Å². The summed E-state index contributed by atoms with van der Waals surface area (Å²) in [5, 5.41) is 9.84. The van der Waals surface area contributed by atoms with Gasteiger partial charge in [0.2, 0.25) is 0 Å². The third-order valence-electron chi connectivity index (χ3n) is 2.04. The Balaban J connectivity index is 2.97. The van der Waals surface area contributed by atoms with Crippen molar-refractivity contribution in [3.63, 3.8) is 0 Å². The van der Waals surface area contributed by atoms with Gasteiger partial charge in [0.1, 0.15) is 11.8 Å². The van der Waals surface area contributed by atoms with E-state index in [4.69, 9.17) is 16.9 Å². The number of aldehydes is 1. The summed E-state index contributed by atoms with van der Waals surface area (Å²) in [7, 11) is 0. The Morgan fingerprint density at radius 1 is 1.50 bits per heavy atom. The highest BCUT2D eigenvalue weighted by Gasteiger charge is 2.12. The number of nitriles is 1. The highest BCUT2D eigenvalue weighted by atomic mass is 35.5. The van der Waals surface area contributed by atoms with Crippen LogP contribution in [0.4, 0.5) is 0 Å². The largest absolute Gasteiger partial charge is 0.346 e. The van der Waals surface area contributed by atoms with Gasteiger partial charge in [-0.25, -0.2) is 0 Å². The first-order valence-corrected chi connectivity index (χ1v) is 4.31. The van der Waals surface area contributed by atoms with Crippen molar-refractivity contribution in [3.05, 3.63) is 34.5 Å². The van der Waals surface area contributed by atoms with E-state index in [0.717, 1.165) is 0 Å². The van der Waals surface area contributed by atoms with E-state index in [2.05, 4.69) is 4.98 Å². The zero-order chi connectivity index (χ0) is 10.1. The van der Waals surface area contributed by atoms with Gasteiger partial charge < -0.3 is 4.98 Å². The number of fused-ring (bicyclic) bond motifs is 1. The molecule has 0 aliphatic rings. The van der Waals surface area contributed by atoms with Gasteiger partial charge in [-0.2, -0.15) is 5.26 Å². The van der Waals surface area contributed by atoms with Crippen LogP contribution < -0.4 is 0 Å². The summed E-state index contributed by atoms with van der Waals surface area (Å²) in [5.41, 5.74) is 1.28. The normalized spacial score (nSPS) is 10.0. The average molecular weight is 205 g/mol. The molecule has 2 rings (SSSR count). The van der Waals surface area contributed by atoms with Gasteiger partial charge in [-0.1, -0.05) is 17.7 Å². The molecule has 1 aromatic heterocycles. The molecular formula is C10H5ClN2O. The number of rotatable bonds is 1. The molecule has 0 saturated heterocycles. The van der Waals surface area contributed by atoms with Gasteiger partial charge in [-0.3, -0.25) is 4.79 Å². The Hall–Kier alpha value is -1.79. The maximum Gasteiger partial charge on any atom is 0.153 e. The van der Waals surface area contributed by atoms with Gasteiger partial charge in [0.05, 0.1) is 10.6 Å². The van der Waals surface area contributed by atoms with Gasteiger partial charge in [0.25, 0.3) is 0 Å². The van der Waals surface area contributed by atoms with Crippen LogP contribution in [0.1, 0.15) is 16.1 Å². The lowest BCUT2D eigenvalue weighted by atomic mass is 10.1. The molecule has 0 aliphatic carbocycles. The van der Waals surface area contributed by atoms with Crippen LogP contribution in [0, 0.1) is 11.3 Å². The molecule has 4 heteroatoms. The topological polar surface area (TPSA) is 56.6 Å². The third-order valence-corrected chi connectivity index (χ3v) is 2.36. The van der Waals surface area contributed by atoms with E-state index >= 15 is 0 Å². The summed E-state index contributed by atoms with van der Waals surface area (Å²) < 4.78 is 0. The molecule has 0 amide bonds. The quantitative estimate of drug-likeness (QED) is 0.726. The Kier molecular flexibility index (Phi) is 1.99. The molecule has 0 spiro atoms. The van der Waals surface area contributed by atoms with E-state index in [9.17, 15) is 4.79 Å². The molecule has 2 aromatic rings. The van der Waals surface area contributed by atoms with Gasteiger partial charge in [0.15, 0.2) is 6.29 Å². The minimum absolute atomic E-state index is 0.253. The van der Waals surface area contributed by atoms with Crippen LogP contribution in [0.25, 0.3) is 10.9 Å². The van der Waals surface area contributed by atoms with Crippen LogP contribution in [-0.2, 0) is 0 Å². The Morgan fingerprint density at radius 2 is 2.29 bits per heavy atom. The predicted molar refractivity (Wildman–Crippen MR) is 53.4 cm³/mol. The SMILES string of the molecule is N#Cc1[nH]c2cccc(Cl)c2c1C=O. The zero-order valence-corrected chi connectivity index (χ0v) is 7.80. The molecule has 0 saturated carbocycles.